The van der Waals surface area contributed by atoms with Gasteiger partial charge in [0.1, 0.15) is 5.25 Å². The fraction of sp³-hybridized carbons (Fsp3) is 0.917. The molecule has 1 amide bonds. The summed E-state index contributed by atoms with van der Waals surface area (Å²) >= 11 is 0. The fourth-order valence-corrected chi connectivity index (χ4v) is 3.02. The minimum Gasteiger partial charge on any atom is -0.341 e. The second-order valence-electron chi connectivity index (χ2n) is 5.02. The summed E-state index contributed by atoms with van der Waals surface area (Å²) in [5, 5.41) is 4.36. The number of nitrogens with zero attached hydrogens (tertiary/aromatic N) is 1. The number of amides is 1. The molecule has 0 aromatic rings. The van der Waals surface area contributed by atoms with Crippen molar-refractivity contribution in [2.24, 2.45) is 5.14 Å². The normalized spacial score (nSPS) is 20.7. The molecule has 0 saturated carbocycles. The minimum absolute atomic E-state index is 0.0503. The van der Waals surface area contributed by atoms with Crippen LogP contribution < -0.4 is 5.14 Å². The Morgan fingerprint density at radius 3 is 2.39 bits per heavy atom. The van der Waals surface area contributed by atoms with Crippen LogP contribution in [0.4, 0.5) is 0 Å². The molecule has 5 nitrogen and oxygen atoms in total. The van der Waals surface area contributed by atoms with Gasteiger partial charge < -0.3 is 4.90 Å². The molecule has 1 rings (SSSR count). The van der Waals surface area contributed by atoms with Crippen LogP contribution in [0.2, 0.25) is 0 Å². The van der Waals surface area contributed by atoms with Crippen LogP contribution in [-0.4, -0.2) is 37.6 Å². The summed E-state index contributed by atoms with van der Waals surface area (Å²) in [6, 6.07) is 0. The topological polar surface area (TPSA) is 80.5 Å². The van der Waals surface area contributed by atoms with Gasteiger partial charge in [-0.05, 0) is 6.42 Å². The summed E-state index contributed by atoms with van der Waals surface area (Å²) in [7, 11) is -3.57. The van der Waals surface area contributed by atoms with E-state index in [0.717, 1.165) is 12.8 Å². The van der Waals surface area contributed by atoms with E-state index in [-0.39, 0.29) is 18.9 Å². The van der Waals surface area contributed by atoms with Gasteiger partial charge in [0.05, 0.1) is 0 Å². The van der Waals surface area contributed by atoms with Crippen molar-refractivity contribution in [2.75, 3.05) is 13.1 Å². The number of carbonyl (C=O) groups excluding carboxylic acids is 1. The average Bonchev–Trinajstić information content (AvgIpc) is 2.65. The Balaban J connectivity index is 2.22. The van der Waals surface area contributed by atoms with Crippen molar-refractivity contribution < 1.29 is 13.2 Å². The Labute approximate surface area is 110 Å². The van der Waals surface area contributed by atoms with E-state index in [9.17, 15) is 13.2 Å². The molecule has 1 fully saturated rings. The summed E-state index contributed by atoms with van der Waals surface area (Å²) in [5.74, 6) is -0.0809. The van der Waals surface area contributed by atoms with Gasteiger partial charge in [-0.3, -0.25) is 4.79 Å². The zero-order chi connectivity index (χ0) is 13.6. The molecule has 18 heavy (non-hydrogen) atoms. The van der Waals surface area contributed by atoms with Gasteiger partial charge in [-0.2, -0.15) is 0 Å². The first-order valence-corrected chi connectivity index (χ1v) is 8.35. The Morgan fingerprint density at radius 2 is 1.83 bits per heavy atom. The molecule has 106 valence electrons. The zero-order valence-corrected chi connectivity index (χ0v) is 11.9. The Morgan fingerprint density at radius 1 is 1.22 bits per heavy atom. The minimum atomic E-state index is -3.57. The molecular formula is C12H24N2O3S. The quantitative estimate of drug-likeness (QED) is 0.677. The van der Waals surface area contributed by atoms with Crippen LogP contribution >= 0.6 is 0 Å². The highest BCUT2D eigenvalue weighted by atomic mass is 32.2. The van der Waals surface area contributed by atoms with Crippen LogP contribution in [0.1, 0.15) is 51.9 Å². The molecule has 6 heteroatoms. The van der Waals surface area contributed by atoms with Crippen molar-refractivity contribution in [3.05, 3.63) is 0 Å². The highest BCUT2D eigenvalue weighted by Crippen LogP contribution is 2.17. The first-order valence-electron chi connectivity index (χ1n) is 6.74. The summed E-state index contributed by atoms with van der Waals surface area (Å²) < 4.78 is 22.3. The summed E-state index contributed by atoms with van der Waals surface area (Å²) in [5.41, 5.74) is 0. The number of likely N-dealkylation sites (tertiary alicyclic amines) is 1. The number of sulfonamides is 1. The highest BCUT2D eigenvalue weighted by Gasteiger charge is 2.35. The monoisotopic (exact) mass is 276 g/mol. The third-order valence-electron chi connectivity index (χ3n) is 3.43. The smallest absolute Gasteiger partial charge is 0.224 e. The van der Waals surface area contributed by atoms with E-state index in [0.29, 0.717) is 6.54 Å². The lowest BCUT2D eigenvalue weighted by atomic mass is 10.1. The van der Waals surface area contributed by atoms with Crippen LogP contribution in [0.3, 0.4) is 0 Å². The number of rotatable bonds is 8. The van der Waals surface area contributed by atoms with Crippen LogP contribution in [-0.2, 0) is 14.8 Å². The largest absolute Gasteiger partial charge is 0.341 e. The molecule has 0 aromatic carbocycles. The predicted molar refractivity (Wildman–Crippen MR) is 71.5 cm³/mol. The fourth-order valence-electron chi connectivity index (χ4n) is 2.26. The number of nitrogens with two attached hydrogens (primary N) is 1. The SMILES string of the molecule is CCCCCCCCN1CC(S(N)(=O)=O)CC1=O. The van der Waals surface area contributed by atoms with Gasteiger partial charge >= 0.3 is 0 Å². The van der Waals surface area contributed by atoms with E-state index < -0.39 is 15.3 Å². The lowest BCUT2D eigenvalue weighted by Gasteiger charge is -2.15. The van der Waals surface area contributed by atoms with Crippen molar-refractivity contribution in [3.8, 4) is 0 Å². The maximum Gasteiger partial charge on any atom is 0.224 e. The summed E-state index contributed by atoms with van der Waals surface area (Å²) in [4.78, 5) is 13.2. The van der Waals surface area contributed by atoms with Gasteiger partial charge in [0.15, 0.2) is 0 Å². The third-order valence-corrected chi connectivity index (χ3v) is 4.67. The zero-order valence-electron chi connectivity index (χ0n) is 11.1. The maximum atomic E-state index is 11.6. The molecule has 1 heterocycles. The van der Waals surface area contributed by atoms with Gasteiger partial charge in [0, 0.05) is 19.5 Å². The van der Waals surface area contributed by atoms with E-state index in [1.807, 2.05) is 0 Å². The van der Waals surface area contributed by atoms with Crippen molar-refractivity contribution in [1.82, 2.24) is 4.90 Å². The van der Waals surface area contributed by atoms with E-state index in [2.05, 4.69) is 6.92 Å². The van der Waals surface area contributed by atoms with Crippen molar-refractivity contribution in [1.29, 1.82) is 0 Å². The molecule has 1 unspecified atom stereocenters. The maximum absolute atomic E-state index is 11.6. The molecule has 1 atom stereocenters. The van der Waals surface area contributed by atoms with Gasteiger partial charge in [-0.15, -0.1) is 0 Å². The van der Waals surface area contributed by atoms with E-state index in [1.165, 1.54) is 25.7 Å². The van der Waals surface area contributed by atoms with Gasteiger partial charge in [-0.1, -0.05) is 39.0 Å². The van der Waals surface area contributed by atoms with Crippen LogP contribution in [0.25, 0.3) is 0 Å². The molecule has 1 aliphatic rings. The first kappa shape index (κ1) is 15.4. The second-order valence-corrected chi connectivity index (χ2v) is 6.87. The number of primary sulfonamides is 1. The van der Waals surface area contributed by atoms with Crippen molar-refractivity contribution in [2.45, 2.75) is 57.1 Å². The number of hydrogen-bond acceptors (Lipinski definition) is 3. The summed E-state index contributed by atoms with van der Waals surface area (Å²) in [6.07, 6.45) is 7.01. The number of carbonyl (C=O) groups is 1. The molecule has 0 radical (unpaired) electrons. The first-order chi connectivity index (χ1) is 8.45. The van der Waals surface area contributed by atoms with Gasteiger partial charge in [0.25, 0.3) is 0 Å². The van der Waals surface area contributed by atoms with Crippen LogP contribution in [0, 0.1) is 0 Å². The van der Waals surface area contributed by atoms with E-state index >= 15 is 0 Å². The lowest BCUT2D eigenvalue weighted by Crippen LogP contribution is -2.32. The molecule has 0 aliphatic carbocycles. The third kappa shape index (κ3) is 4.94. The molecular weight excluding hydrogens is 252 g/mol. The van der Waals surface area contributed by atoms with Crippen LogP contribution in [0.15, 0.2) is 0 Å². The Bertz CT molecular complexity index is 368. The molecule has 0 bridgehead atoms. The molecule has 0 spiro atoms. The predicted octanol–water partition coefficient (Wildman–Crippen LogP) is 1.24. The molecule has 1 saturated heterocycles. The molecule has 2 N–H and O–H groups in total. The van der Waals surface area contributed by atoms with Crippen molar-refractivity contribution in [3.63, 3.8) is 0 Å². The van der Waals surface area contributed by atoms with Crippen molar-refractivity contribution >= 4 is 15.9 Å². The van der Waals surface area contributed by atoms with Gasteiger partial charge in [-0.25, -0.2) is 13.6 Å². The van der Waals surface area contributed by atoms with Gasteiger partial charge in [0.2, 0.25) is 15.9 Å². The van der Waals surface area contributed by atoms with E-state index in [1.54, 1.807) is 4.90 Å². The van der Waals surface area contributed by atoms with Crippen LogP contribution in [0.5, 0.6) is 0 Å². The Hall–Kier alpha value is -0.620. The summed E-state index contributed by atoms with van der Waals surface area (Å²) in [6.45, 7) is 3.11. The highest BCUT2D eigenvalue weighted by molar-refractivity contribution is 7.89. The second kappa shape index (κ2) is 7.09. The number of unbranched alkanes of at least 4 members (excludes halogenated alkanes) is 5. The van der Waals surface area contributed by atoms with E-state index in [4.69, 9.17) is 5.14 Å². The Kier molecular flexibility index (Phi) is 6.08. The molecule has 0 aromatic heterocycles. The molecule has 1 aliphatic heterocycles. The number of hydrogen-bond donors (Lipinski definition) is 1. The lowest BCUT2D eigenvalue weighted by molar-refractivity contribution is -0.127. The standard InChI is InChI=1S/C12H24N2O3S/c1-2-3-4-5-6-7-8-14-10-11(9-12(14)15)18(13,16)17/h11H,2-10H2,1H3,(H2,13,16,17). The average molecular weight is 276 g/mol.